The van der Waals surface area contributed by atoms with Crippen molar-refractivity contribution in [1.29, 1.82) is 0 Å². The number of rotatable bonds is 3. The molecule has 0 saturated heterocycles. The third-order valence-electron chi connectivity index (χ3n) is 2.68. The van der Waals surface area contributed by atoms with Crippen molar-refractivity contribution >= 4 is 28.3 Å². The summed E-state index contributed by atoms with van der Waals surface area (Å²) in [6, 6.07) is 8.50. The van der Waals surface area contributed by atoms with E-state index in [4.69, 9.17) is 16.3 Å². The number of benzene rings is 2. The van der Waals surface area contributed by atoms with Crippen molar-refractivity contribution in [1.82, 2.24) is 0 Å². The first kappa shape index (κ1) is 12.7. The zero-order chi connectivity index (χ0) is 13.1. The number of aromatic hydroxyl groups is 1. The molecule has 0 aliphatic heterocycles. The molecule has 0 radical (unpaired) electrons. The van der Waals surface area contributed by atoms with Crippen molar-refractivity contribution in [2.24, 2.45) is 0 Å². The summed E-state index contributed by atoms with van der Waals surface area (Å²) in [7, 11) is 0. The van der Waals surface area contributed by atoms with Crippen LogP contribution in [0.5, 0.6) is 5.75 Å². The number of fused-ring (bicyclic) bond motifs is 1. The largest absolute Gasteiger partial charge is 0.508 e. The molecule has 0 atom stereocenters. The molecule has 0 spiro atoms. The van der Waals surface area contributed by atoms with Gasteiger partial charge in [-0.2, -0.15) is 0 Å². The Kier molecular flexibility index (Phi) is 3.72. The van der Waals surface area contributed by atoms with Crippen molar-refractivity contribution in [3.63, 3.8) is 0 Å². The second-order valence-electron chi connectivity index (χ2n) is 3.91. The molecule has 3 nitrogen and oxygen atoms in total. The highest BCUT2D eigenvalue weighted by Gasteiger charge is 2.12. The maximum atomic E-state index is 11.5. The van der Waals surface area contributed by atoms with Gasteiger partial charge in [-0.05, 0) is 41.5 Å². The number of esters is 1. The first-order chi connectivity index (χ1) is 8.61. The summed E-state index contributed by atoms with van der Waals surface area (Å²) < 4.78 is 4.93. The summed E-state index contributed by atoms with van der Waals surface area (Å²) in [5.74, 6) is -0.119. The SMILES string of the molecule is CCOC(=O)Cc1c(Cl)ccc2cc(O)ccc12. The third-order valence-corrected chi connectivity index (χ3v) is 3.04. The summed E-state index contributed by atoms with van der Waals surface area (Å²) >= 11 is 6.12. The highest BCUT2D eigenvalue weighted by molar-refractivity contribution is 6.32. The maximum Gasteiger partial charge on any atom is 0.310 e. The minimum Gasteiger partial charge on any atom is -0.508 e. The summed E-state index contributed by atoms with van der Waals surface area (Å²) in [6.07, 6.45) is 0.134. The summed E-state index contributed by atoms with van der Waals surface area (Å²) in [4.78, 5) is 11.5. The predicted molar refractivity (Wildman–Crippen MR) is 71.0 cm³/mol. The van der Waals surface area contributed by atoms with E-state index in [2.05, 4.69) is 0 Å². The molecule has 2 aromatic carbocycles. The molecule has 0 fully saturated rings. The Balaban J connectivity index is 2.47. The van der Waals surface area contributed by atoms with Crippen molar-refractivity contribution in [2.75, 3.05) is 6.61 Å². The molecule has 0 aromatic heterocycles. The number of carbonyl (C=O) groups excluding carboxylic acids is 1. The molecule has 0 heterocycles. The summed E-state index contributed by atoms with van der Waals surface area (Å²) in [5, 5.41) is 11.7. The zero-order valence-corrected chi connectivity index (χ0v) is 10.7. The van der Waals surface area contributed by atoms with Gasteiger partial charge in [-0.25, -0.2) is 0 Å². The van der Waals surface area contributed by atoms with Crippen molar-refractivity contribution in [2.45, 2.75) is 13.3 Å². The fourth-order valence-corrected chi connectivity index (χ4v) is 2.12. The van der Waals surface area contributed by atoms with Gasteiger partial charge in [-0.15, -0.1) is 0 Å². The highest BCUT2D eigenvalue weighted by Crippen LogP contribution is 2.29. The standard InChI is InChI=1S/C14H13ClO3/c1-2-18-14(17)8-12-11-5-4-10(16)7-9(11)3-6-13(12)15/h3-7,16H,2,8H2,1H3. The molecule has 2 rings (SSSR count). The number of phenols is 1. The van der Waals surface area contributed by atoms with Crippen molar-refractivity contribution in [3.05, 3.63) is 40.9 Å². The summed E-state index contributed by atoms with van der Waals surface area (Å²) in [6.45, 7) is 2.11. The minimum absolute atomic E-state index is 0.134. The lowest BCUT2D eigenvalue weighted by atomic mass is 10.0. The zero-order valence-electron chi connectivity index (χ0n) is 9.94. The monoisotopic (exact) mass is 264 g/mol. The Bertz CT molecular complexity index is 593. The molecule has 2 aromatic rings. The van der Waals surface area contributed by atoms with Crippen LogP contribution in [-0.4, -0.2) is 17.7 Å². The Morgan fingerprint density at radius 2 is 2.11 bits per heavy atom. The molecule has 0 bridgehead atoms. The Hall–Kier alpha value is -1.74. The first-order valence-electron chi connectivity index (χ1n) is 5.67. The fraction of sp³-hybridized carbons (Fsp3) is 0.214. The van der Waals surface area contributed by atoms with E-state index < -0.39 is 0 Å². The second kappa shape index (κ2) is 5.27. The van der Waals surface area contributed by atoms with Crippen LogP contribution in [0, 0.1) is 0 Å². The van der Waals surface area contributed by atoms with E-state index in [9.17, 15) is 9.90 Å². The molecule has 0 aliphatic carbocycles. The Morgan fingerprint density at radius 3 is 2.83 bits per heavy atom. The molecule has 94 valence electrons. The normalized spacial score (nSPS) is 10.6. The van der Waals surface area contributed by atoms with Gasteiger partial charge in [0, 0.05) is 5.02 Å². The van der Waals surface area contributed by atoms with Crippen LogP contribution in [0.3, 0.4) is 0 Å². The molecule has 0 amide bonds. The van der Waals surface area contributed by atoms with E-state index in [0.717, 1.165) is 16.3 Å². The van der Waals surface area contributed by atoms with Gasteiger partial charge in [0.1, 0.15) is 5.75 Å². The molecular formula is C14H13ClO3. The molecule has 0 unspecified atom stereocenters. The van der Waals surface area contributed by atoms with Crippen LogP contribution in [-0.2, 0) is 16.0 Å². The lowest BCUT2D eigenvalue weighted by Crippen LogP contribution is -2.08. The van der Waals surface area contributed by atoms with E-state index in [-0.39, 0.29) is 18.1 Å². The topological polar surface area (TPSA) is 46.5 Å². The molecule has 1 N–H and O–H groups in total. The number of hydrogen-bond acceptors (Lipinski definition) is 3. The van der Waals surface area contributed by atoms with Gasteiger partial charge in [0.2, 0.25) is 0 Å². The van der Waals surface area contributed by atoms with E-state index in [1.54, 1.807) is 31.2 Å². The van der Waals surface area contributed by atoms with Gasteiger partial charge < -0.3 is 9.84 Å². The quantitative estimate of drug-likeness (QED) is 0.865. The van der Waals surface area contributed by atoms with Gasteiger partial charge >= 0.3 is 5.97 Å². The van der Waals surface area contributed by atoms with Crippen LogP contribution in [0.4, 0.5) is 0 Å². The lowest BCUT2D eigenvalue weighted by molar-refractivity contribution is -0.142. The van der Waals surface area contributed by atoms with Crippen LogP contribution in [0.25, 0.3) is 10.8 Å². The van der Waals surface area contributed by atoms with Gasteiger partial charge in [0.15, 0.2) is 0 Å². The number of ether oxygens (including phenoxy) is 1. The minimum atomic E-state index is -0.306. The van der Waals surface area contributed by atoms with Gasteiger partial charge in [-0.1, -0.05) is 23.7 Å². The van der Waals surface area contributed by atoms with E-state index in [1.165, 1.54) is 0 Å². The average molecular weight is 265 g/mol. The smallest absolute Gasteiger partial charge is 0.310 e. The summed E-state index contributed by atoms with van der Waals surface area (Å²) in [5.41, 5.74) is 0.729. The third kappa shape index (κ3) is 2.57. The van der Waals surface area contributed by atoms with Crippen LogP contribution in [0.1, 0.15) is 12.5 Å². The molecule has 18 heavy (non-hydrogen) atoms. The Morgan fingerprint density at radius 1 is 1.33 bits per heavy atom. The fourth-order valence-electron chi connectivity index (χ4n) is 1.89. The van der Waals surface area contributed by atoms with Crippen LogP contribution in [0.2, 0.25) is 5.02 Å². The van der Waals surface area contributed by atoms with Gasteiger partial charge in [0.05, 0.1) is 13.0 Å². The number of phenolic OH excluding ortho intramolecular Hbond substituents is 1. The molecule has 0 aliphatic rings. The predicted octanol–water partition coefficient (Wildman–Crippen LogP) is 3.30. The van der Waals surface area contributed by atoms with E-state index in [0.29, 0.717) is 11.6 Å². The molecule has 4 heteroatoms. The van der Waals surface area contributed by atoms with Gasteiger partial charge in [-0.3, -0.25) is 4.79 Å². The molecular weight excluding hydrogens is 252 g/mol. The van der Waals surface area contributed by atoms with Crippen LogP contribution < -0.4 is 0 Å². The highest BCUT2D eigenvalue weighted by atomic mass is 35.5. The average Bonchev–Trinajstić information content (AvgIpc) is 2.33. The van der Waals surface area contributed by atoms with Crippen LogP contribution in [0.15, 0.2) is 30.3 Å². The number of halogens is 1. The van der Waals surface area contributed by atoms with Crippen molar-refractivity contribution < 1.29 is 14.6 Å². The van der Waals surface area contributed by atoms with Crippen molar-refractivity contribution in [3.8, 4) is 5.75 Å². The molecule has 0 saturated carbocycles. The first-order valence-corrected chi connectivity index (χ1v) is 6.05. The van der Waals surface area contributed by atoms with Crippen LogP contribution >= 0.6 is 11.6 Å². The number of hydrogen-bond donors (Lipinski definition) is 1. The Labute approximate surface area is 110 Å². The second-order valence-corrected chi connectivity index (χ2v) is 4.32. The maximum absolute atomic E-state index is 11.5. The van der Waals surface area contributed by atoms with Gasteiger partial charge in [0.25, 0.3) is 0 Å². The van der Waals surface area contributed by atoms with E-state index in [1.807, 2.05) is 6.07 Å². The van der Waals surface area contributed by atoms with E-state index >= 15 is 0 Å². The lowest BCUT2D eigenvalue weighted by Gasteiger charge is -2.09. The number of carbonyl (C=O) groups is 1.